The van der Waals surface area contributed by atoms with Crippen molar-refractivity contribution < 1.29 is 14.3 Å². The molecule has 2 aromatic rings. The topological polar surface area (TPSA) is 42.2 Å². The van der Waals surface area contributed by atoms with E-state index < -0.39 is 5.97 Å². The number of fused-ring (bicyclic) bond motifs is 1. The molecule has 78 valence electrons. The minimum absolute atomic E-state index is 0.191. The van der Waals surface area contributed by atoms with Crippen molar-refractivity contribution in [1.82, 2.24) is 4.57 Å². The third-order valence-electron chi connectivity index (χ3n) is 2.30. The fourth-order valence-corrected chi connectivity index (χ4v) is 2.63. The molecule has 3 nitrogen and oxygen atoms in total. The minimum atomic E-state index is -1.00. The molecule has 1 N–H and O–H groups in total. The van der Waals surface area contributed by atoms with E-state index in [0.29, 0.717) is 8.96 Å². The summed E-state index contributed by atoms with van der Waals surface area (Å²) in [5.74, 6) is -1.36. The zero-order valence-electron chi connectivity index (χ0n) is 7.79. The molecule has 1 heterocycles. The number of aromatic carboxylic acids is 1. The number of carboxylic acids is 1. The van der Waals surface area contributed by atoms with Crippen molar-refractivity contribution in [1.29, 1.82) is 0 Å². The Morgan fingerprint density at radius 1 is 1.53 bits per heavy atom. The normalized spacial score (nSPS) is 10.9. The second kappa shape index (κ2) is 3.48. The Balaban J connectivity index is 2.91. The van der Waals surface area contributed by atoms with E-state index in [1.165, 1.54) is 12.1 Å². The van der Waals surface area contributed by atoms with Crippen LogP contribution in [0.3, 0.4) is 0 Å². The molecule has 0 spiro atoms. The number of hydrogen-bond acceptors (Lipinski definition) is 1. The van der Waals surface area contributed by atoms with Gasteiger partial charge in [-0.1, -0.05) is 0 Å². The predicted molar refractivity (Wildman–Crippen MR) is 62.6 cm³/mol. The molecule has 0 saturated heterocycles. The Bertz CT molecular complexity index is 562. The third-order valence-corrected chi connectivity index (χ3v) is 3.39. The van der Waals surface area contributed by atoms with Crippen LogP contribution in [-0.2, 0) is 7.05 Å². The summed E-state index contributed by atoms with van der Waals surface area (Å²) < 4.78 is 15.1. The molecule has 0 saturated carbocycles. The summed E-state index contributed by atoms with van der Waals surface area (Å²) in [6.07, 6.45) is 0. The SMILES string of the molecule is Cn1c(C(=O)O)c(I)c2cc(F)ccc21. The number of aryl methyl sites for hydroxylation is 1. The zero-order chi connectivity index (χ0) is 11.2. The van der Waals surface area contributed by atoms with Crippen LogP contribution in [0.1, 0.15) is 10.5 Å². The summed E-state index contributed by atoms with van der Waals surface area (Å²) in [4.78, 5) is 11.0. The van der Waals surface area contributed by atoms with Gasteiger partial charge in [0.1, 0.15) is 11.5 Å². The Labute approximate surface area is 98.6 Å². The first-order chi connectivity index (χ1) is 7.02. The number of hydrogen-bond donors (Lipinski definition) is 1. The van der Waals surface area contributed by atoms with Crippen LogP contribution in [0.25, 0.3) is 10.9 Å². The van der Waals surface area contributed by atoms with E-state index in [-0.39, 0.29) is 11.5 Å². The van der Waals surface area contributed by atoms with Crippen LogP contribution >= 0.6 is 22.6 Å². The number of nitrogens with zero attached hydrogens (tertiary/aromatic N) is 1. The lowest BCUT2D eigenvalue weighted by molar-refractivity contribution is 0.0686. The Kier molecular flexibility index (Phi) is 2.41. The highest BCUT2D eigenvalue weighted by molar-refractivity contribution is 14.1. The molecule has 1 aromatic heterocycles. The van der Waals surface area contributed by atoms with Gasteiger partial charge >= 0.3 is 5.97 Å². The summed E-state index contributed by atoms with van der Waals surface area (Å²) in [5.41, 5.74) is 0.911. The zero-order valence-corrected chi connectivity index (χ0v) is 9.95. The van der Waals surface area contributed by atoms with Gasteiger partial charge in [0, 0.05) is 18.0 Å². The van der Waals surface area contributed by atoms with Gasteiger partial charge in [0.2, 0.25) is 0 Å². The highest BCUT2D eigenvalue weighted by atomic mass is 127. The Morgan fingerprint density at radius 3 is 2.80 bits per heavy atom. The van der Waals surface area contributed by atoms with Crippen molar-refractivity contribution in [2.75, 3.05) is 0 Å². The molecule has 0 amide bonds. The molecule has 0 aliphatic heterocycles. The van der Waals surface area contributed by atoms with Gasteiger partial charge in [-0.2, -0.15) is 0 Å². The van der Waals surface area contributed by atoms with Gasteiger partial charge in [-0.15, -0.1) is 0 Å². The van der Waals surface area contributed by atoms with E-state index in [4.69, 9.17) is 5.11 Å². The van der Waals surface area contributed by atoms with Crippen LogP contribution in [0.2, 0.25) is 0 Å². The maximum absolute atomic E-state index is 13.0. The van der Waals surface area contributed by atoms with Crippen LogP contribution in [0, 0.1) is 9.39 Å². The van der Waals surface area contributed by atoms with Crippen molar-refractivity contribution in [3.63, 3.8) is 0 Å². The molecule has 0 atom stereocenters. The number of benzene rings is 1. The van der Waals surface area contributed by atoms with Gasteiger partial charge < -0.3 is 9.67 Å². The second-order valence-corrected chi connectivity index (χ2v) is 4.27. The molecular formula is C10H7FINO2. The van der Waals surface area contributed by atoms with Crippen LogP contribution < -0.4 is 0 Å². The number of carbonyl (C=O) groups is 1. The molecule has 0 aliphatic carbocycles. The lowest BCUT2D eigenvalue weighted by Crippen LogP contribution is -2.05. The number of halogens is 2. The van der Waals surface area contributed by atoms with E-state index in [1.807, 2.05) is 22.6 Å². The van der Waals surface area contributed by atoms with Crippen molar-refractivity contribution in [2.45, 2.75) is 0 Å². The summed E-state index contributed by atoms with van der Waals surface area (Å²) in [7, 11) is 1.66. The summed E-state index contributed by atoms with van der Waals surface area (Å²) in [5, 5.41) is 9.63. The monoisotopic (exact) mass is 319 g/mol. The van der Waals surface area contributed by atoms with Gasteiger partial charge in [0.05, 0.1) is 3.57 Å². The fraction of sp³-hybridized carbons (Fsp3) is 0.100. The van der Waals surface area contributed by atoms with Gasteiger partial charge in [-0.3, -0.25) is 0 Å². The molecule has 0 radical (unpaired) electrons. The van der Waals surface area contributed by atoms with Gasteiger partial charge in [-0.25, -0.2) is 9.18 Å². The molecule has 0 fully saturated rings. The average Bonchev–Trinajstić information content (AvgIpc) is 2.39. The van der Waals surface area contributed by atoms with Crippen molar-refractivity contribution in [3.05, 3.63) is 33.3 Å². The maximum Gasteiger partial charge on any atom is 0.353 e. The van der Waals surface area contributed by atoms with Gasteiger partial charge in [-0.05, 0) is 40.8 Å². The van der Waals surface area contributed by atoms with E-state index >= 15 is 0 Å². The van der Waals surface area contributed by atoms with Crippen molar-refractivity contribution in [2.24, 2.45) is 7.05 Å². The maximum atomic E-state index is 13.0. The molecule has 15 heavy (non-hydrogen) atoms. The predicted octanol–water partition coefficient (Wildman–Crippen LogP) is 2.62. The second-order valence-electron chi connectivity index (χ2n) is 3.19. The van der Waals surface area contributed by atoms with Crippen molar-refractivity contribution in [3.8, 4) is 0 Å². The number of carboxylic acid groups (broad SMARTS) is 1. The van der Waals surface area contributed by atoms with Gasteiger partial charge in [0.15, 0.2) is 0 Å². The van der Waals surface area contributed by atoms with Crippen LogP contribution in [0.5, 0.6) is 0 Å². The quantitative estimate of drug-likeness (QED) is 0.821. The number of aromatic nitrogens is 1. The lowest BCUT2D eigenvalue weighted by Gasteiger charge is -1.98. The van der Waals surface area contributed by atoms with E-state index in [2.05, 4.69) is 0 Å². The Morgan fingerprint density at radius 2 is 2.20 bits per heavy atom. The molecule has 5 heteroatoms. The lowest BCUT2D eigenvalue weighted by atomic mass is 10.2. The first-order valence-electron chi connectivity index (χ1n) is 4.19. The smallest absolute Gasteiger partial charge is 0.353 e. The van der Waals surface area contributed by atoms with Gasteiger partial charge in [0.25, 0.3) is 0 Å². The molecule has 1 aromatic carbocycles. The van der Waals surface area contributed by atoms with Crippen LogP contribution in [0.15, 0.2) is 18.2 Å². The fourth-order valence-electron chi connectivity index (χ4n) is 1.61. The molecule has 2 rings (SSSR count). The summed E-state index contributed by atoms with van der Waals surface area (Å²) in [6, 6.07) is 4.26. The first-order valence-corrected chi connectivity index (χ1v) is 5.27. The van der Waals surface area contributed by atoms with E-state index in [1.54, 1.807) is 17.7 Å². The summed E-state index contributed by atoms with van der Waals surface area (Å²) >= 11 is 1.92. The van der Waals surface area contributed by atoms with E-state index in [0.717, 1.165) is 5.52 Å². The molecular weight excluding hydrogens is 312 g/mol. The summed E-state index contributed by atoms with van der Waals surface area (Å²) in [6.45, 7) is 0. The van der Waals surface area contributed by atoms with Crippen LogP contribution in [-0.4, -0.2) is 15.6 Å². The van der Waals surface area contributed by atoms with E-state index in [9.17, 15) is 9.18 Å². The molecule has 0 unspecified atom stereocenters. The minimum Gasteiger partial charge on any atom is -0.477 e. The first kappa shape index (κ1) is 10.4. The number of rotatable bonds is 1. The standard InChI is InChI=1S/C10H7FINO2/c1-13-7-3-2-5(11)4-6(7)8(12)9(13)10(14)15/h2-4H,1H3,(H,14,15). The third kappa shape index (κ3) is 1.50. The highest BCUT2D eigenvalue weighted by Crippen LogP contribution is 2.27. The van der Waals surface area contributed by atoms with Crippen LogP contribution in [0.4, 0.5) is 4.39 Å². The molecule has 0 aliphatic rings. The largest absolute Gasteiger partial charge is 0.477 e. The average molecular weight is 319 g/mol. The highest BCUT2D eigenvalue weighted by Gasteiger charge is 2.18. The Hall–Kier alpha value is -1.11. The molecule has 0 bridgehead atoms. The van der Waals surface area contributed by atoms with Crippen molar-refractivity contribution >= 4 is 39.5 Å².